The van der Waals surface area contributed by atoms with E-state index in [9.17, 15) is 5.11 Å². The number of aliphatic hydroxyl groups is 1. The maximum absolute atomic E-state index is 10.2. The van der Waals surface area contributed by atoms with Crippen LogP contribution in [0.3, 0.4) is 0 Å². The van der Waals surface area contributed by atoms with Crippen molar-refractivity contribution in [1.29, 1.82) is 0 Å². The van der Waals surface area contributed by atoms with Crippen LogP contribution in [0.15, 0.2) is 18.2 Å². The standard InChI is InChI=1S/C18H27ClO2/c1-2-3-4-5-6-7-8-9-15-13-17(20)16-12-14(19)10-11-18(16)21-15/h10-12,15,17,20H,2-9,13H2,1H3/t15?,17-/m0/s1. The third kappa shape index (κ3) is 5.19. The molecule has 0 spiro atoms. The fourth-order valence-corrected chi connectivity index (χ4v) is 3.18. The van der Waals surface area contributed by atoms with Gasteiger partial charge in [0, 0.05) is 17.0 Å². The first-order valence-corrected chi connectivity index (χ1v) is 8.72. The molecule has 1 N–H and O–H groups in total. The second-order valence-electron chi connectivity index (χ2n) is 6.08. The molecule has 3 heteroatoms. The Bertz CT molecular complexity index is 433. The molecule has 1 aliphatic rings. The van der Waals surface area contributed by atoms with Crippen molar-refractivity contribution in [1.82, 2.24) is 0 Å². The number of hydrogen-bond acceptors (Lipinski definition) is 2. The smallest absolute Gasteiger partial charge is 0.125 e. The van der Waals surface area contributed by atoms with Crippen LogP contribution < -0.4 is 4.74 Å². The average molecular weight is 311 g/mol. The zero-order valence-electron chi connectivity index (χ0n) is 13.0. The van der Waals surface area contributed by atoms with Gasteiger partial charge in [0.15, 0.2) is 0 Å². The third-order valence-corrected chi connectivity index (χ3v) is 4.48. The molecule has 0 saturated heterocycles. The van der Waals surface area contributed by atoms with E-state index in [1.165, 1.54) is 44.9 Å². The lowest BCUT2D eigenvalue weighted by atomic mass is 9.96. The van der Waals surface area contributed by atoms with Crippen LogP contribution in [-0.2, 0) is 0 Å². The molecule has 0 saturated carbocycles. The van der Waals surface area contributed by atoms with E-state index in [1.807, 2.05) is 18.2 Å². The number of halogens is 1. The maximum atomic E-state index is 10.2. The van der Waals surface area contributed by atoms with Crippen LogP contribution in [0.2, 0.25) is 5.02 Å². The van der Waals surface area contributed by atoms with Crippen LogP contribution in [0.1, 0.15) is 76.4 Å². The van der Waals surface area contributed by atoms with E-state index in [0.717, 1.165) is 17.7 Å². The van der Waals surface area contributed by atoms with E-state index in [2.05, 4.69) is 6.92 Å². The molecular weight excluding hydrogens is 284 g/mol. The SMILES string of the molecule is CCCCCCCCCC1C[C@H](O)c2cc(Cl)ccc2O1. The molecule has 1 aromatic carbocycles. The minimum Gasteiger partial charge on any atom is -0.490 e. The molecular formula is C18H27ClO2. The van der Waals surface area contributed by atoms with E-state index in [4.69, 9.17) is 16.3 Å². The molecule has 0 radical (unpaired) electrons. The Labute approximate surface area is 133 Å². The van der Waals surface area contributed by atoms with Crippen molar-refractivity contribution in [3.8, 4) is 5.75 Å². The minimum atomic E-state index is -0.443. The summed E-state index contributed by atoms with van der Waals surface area (Å²) in [5.74, 6) is 0.797. The Morgan fingerprint density at radius 3 is 2.62 bits per heavy atom. The van der Waals surface area contributed by atoms with Crippen molar-refractivity contribution in [3.05, 3.63) is 28.8 Å². The van der Waals surface area contributed by atoms with Gasteiger partial charge in [-0.2, -0.15) is 0 Å². The van der Waals surface area contributed by atoms with Crippen molar-refractivity contribution < 1.29 is 9.84 Å². The van der Waals surface area contributed by atoms with E-state index >= 15 is 0 Å². The van der Waals surface area contributed by atoms with Crippen LogP contribution in [0.4, 0.5) is 0 Å². The van der Waals surface area contributed by atoms with Crippen LogP contribution >= 0.6 is 11.6 Å². The summed E-state index contributed by atoms with van der Waals surface area (Å²) in [6, 6.07) is 5.51. The fraction of sp³-hybridized carbons (Fsp3) is 0.667. The Hall–Kier alpha value is -0.730. The highest BCUT2D eigenvalue weighted by molar-refractivity contribution is 6.30. The Kier molecular flexibility index (Phi) is 6.85. The van der Waals surface area contributed by atoms with E-state index in [0.29, 0.717) is 11.4 Å². The van der Waals surface area contributed by atoms with E-state index < -0.39 is 6.10 Å². The van der Waals surface area contributed by atoms with Crippen molar-refractivity contribution in [2.45, 2.75) is 76.9 Å². The van der Waals surface area contributed by atoms with Crippen molar-refractivity contribution in [2.75, 3.05) is 0 Å². The number of fused-ring (bicyclic) bond motifs is 1. The molecule has 21 heavy (non-hydrogen) atoms. The van der Waals surface area contributed by atoms with Gasteiger partial charge >= 0.3 is 0 Å². The zero-order chi connectivity index (χ0) is 15.1. The number of benzene rings is 1. The quantitative estimate of drug-likeness (QED) is 0.627. The summed E-state index contributed by atoms with van der Waals surface area (Å²) in [4.78, 5) is 0. The lowest BCUT2D eigenvalue weighted by Crippen LogP contribution is -2.25. The maximum Gasteiger partial charge on any atom is 0.125 e. The molecule has 2 atom stereocenters. The van der Waals surface area contributed by atoms with Gasteiger partial charge in [0.05, 0.1) is 6.10 Å². The first-order valence-electron chi connectivity index (χ1n) is 8.35. The van der Waals surface area contributed by atoms with E-state index in [1.54, 1.807) is 0 Å². The molecule has 1 heterocycles. The minimum absolute atomic E-state index is 0.143. The number of aliphatic hydroxyl groups excluding tert-OH is 1. The monoisotopic (exact) mass is 310 g/mol. The molecule has 0 bridgehead atoms. The summed E-state index contributed by atoms with van der Waals surface area (Å²) in [5, 5.41) is 10.9. The molecule has 0 fully saturated rings. The molecule has 2 rings (SSSR count). The largest absolute Gasteiger partial charge is 0.490 e. The lowest BCUT2D eigenvalue weighted by Gasteiger charge is -2.29. The number of unbranched alkanes of at least 4 members (excludes halogenated alkanes) is 6. The molecule has 0 aliphatic carbocycles. The summed E-state index contributed by atoms with van der Waals surface area (Å²) >= 11 is 5.97. The third-order valence-electron chi connectivity index (χ3n) is 4.24. The van der Waals surface area contributed by atoms with Gasteiger partial charge in [-0.05, 0) is 31.0 Å². The Morgan fingerprint density at radius 2 is 1.86 bits per heavy atom. The molecule has 0 amide bonds. The van der Waals surface area contributed by atoms with Crippen LogP contribution in [-0.4, -0.2) is 11.2 Å². The first kappa shape index (κ1) is 16.6. The highest BCUT2D eigenvalue weighted by atomic mass is 35.5. The van der Waals surface area contributed by atoms with Crippen molar-refractivity contribution in [2.24, 2.45) is 0 Å². The summed E-state index contributed by atoms with van der Waals surface area (Å²) in [5.41, 5.74) is 0.832. The molecule has 1 aliphatic heterocycles. The van der Waals surface area contributed by atoms with E-state index in [-0.39, 0.29) is 6.10 Å². The number of hydrogen-bond donors (Lipinski definition) is 1. The fourth-order valence-electron chi connectivity index (χ4n) is 3.00. The van der Waals surface area contributed by atoms with Crippen molar-refractivity contribution in [3.63, 3.8) is 0 Å². The van der Waals surface area contributed by atoms with Gasteiger partial charge in [-0.1, -0.05) is 57.0 Å². The Morgan fingerprint density at radius 1 is 1.14 bits per heavy atom. The zero-order valence-corrected chi connectivity index (χ0v) is 13.7. The van der Waals surface area contributed by atoms with Crippen LogP contribution in [0.25, 0.3) is 0 Å². The van der Waals surface area contributed by atoms with Gasteiger partial charge in [-0.3, -0.25) is 0 Å². The van der Waals surface area contributed by atoms with Crippen LogP contribution in [0.5, 0.6) is 5.75 Å². The molecule has 1 aromatic rings. The second-order valence-corrected chi connectivity index (χ2v) is 6.52. The predicted molar refractivity (Wildman–Crippen MR) is 88.1 cm³/mol. The van der Waals surface area contributed by atoms with Crippen LogP contribution in [0, 0.1) is 0 Å². The number of ether oxygens (including phenoxy) is 1. The summed E-state index contributed by atoms with van der Waals surface area (Å²) in [7, 11) is 0. The van der Waals surface area contributed by atoms with Gasteiger partial charge in [-0.15, -0.1) is 0 Å². The van der Waals surface area contributed by atoms with Gasteiger partial charge in [0.2, 0.25) is 0 Å². The second kappa shape index (κ2) is 8.65. The average Bonchev–Trinajstić information content (AvgIpc) is 2.47. The van der Waals surface area contributed by atoms with Gasteiger partial charge in [-0.25, -0.2) is 0 Å². The lowest BCUT2D eigenvalue weighted by molar-refractivity contribution is 0.0605. The summed E-state index contributed by atoms with van der Waals surface area (Å²) in [6.45, 7) is 2.25. The highest BCUT2D eigenvalue weighted by Gasteiger charge is 2.26. The highest BCUT2D eigenvalue weighted by Crippen LogP contribution is 2.37. The van der Waals surface area contributed by atoms with Crippen molar-refractivity contribution >= 4 is 11.6 Å². The first-order chi connectivity index (χ1) is 10.2. The number of rotatable bonds is 8. The van der Waals surface area contributed by atoms with Gasteiger partial charge in [0.1, 0.15) is 11.9 Å². The summed E-state index contributed by atoms with van der Waals surface area (Å²) < 4.78 is 5.98. The van der Waals surface area contributed by atoms with Gasteiger partial charge < -0.3 is 9.84 Å². The summed E-state index contributed by atoms with van der Waals surface area (Å²) in [6.07, 6.45) is 10.6. The normalized spacial score (nSPS) is 20.9. The Balaban J connectivity index is 1.70. The molecule has 118 valence electrons. The topological polar surface area (TPSA) is 29.5 Å². The molecule has 0 aromatic heterocycles. The molecule has 1 unspecified atom stereocenters. The molecule has 2 nitrogen and oxygen atoms in total. The van der Waals surface area contributed by atoms with Gasteiger partial charge in [0.25, 0.3) is 0 Å². The predicted octanol–water partition coefficient (Wildman–Crippen LogP) is 5.67.